The molecule has 0 rings (SSSR count). The van der Waals surface area contributed by atoms with Gasteiger partial charge in [0.1, 0.15) is 5.76 Å². The zero-order valence-electron chi connectivity index (χ0n) is 6.73. The summed E-state index contributed by atoms with van der Waals surface area (Å²) in [5.74, 6) is 1.16. The molecule has 0 radical (unpaired) electrons. The highest BCUT2D eigenvalue weighted by atomic mass is 79.9. The SMILES string of the molecule is O=[PH](O)OC(CCCl)=C(Br)CCCl. The standard InChI is InChI=1S/C6H10BrCl2O3P/c7-5(1-3-8)6(2-4-9)12-13(10)11/h13H,1-4H2,(H,10,11). The van der Waals surface area contributed by atoms with Crippen molar-refractivity contribution in [1.82, 2.24) is 0 Å². The number of rotatable bonds is 6. The van der Waals surface area contributed by atoms with E-state index in [9.17, 15) is 4.57 Å². The highest BCUT2D eigenvalue weighted by molar-refractivity contribution is 9.11. The average Bonchev–Trinajstić information content (AvgIpc) is 2.03. The van der Waals surface area contributed by atoms with E-state index in [1.54, 1.807) is 0 Å². The fourth-order valence-electron chi connectivity index (χ4n) is 0.656. The van der Waals surface area contributed by atoms with Gasteiger partial charge in [0.2, 0.25) is 0 Å². The minimum absolute atomic E-state index is 0.335. The van der Waals surface area contributed by atoms with Crippen molar-refractivity contribution in [3.8, 4) is 0 Å². The third-order valence-corrected chi connectivity index (χ3v) is 2.79. The first kappa shape index (κ1) is 13.8. The summed E-state index contributed by atoms with van der Waals surface area (Å²) in [5, 5.41) is 0. The maximum absolute atomic E-state index is 10.4. The van der Waals surface area contributed by atoms with Crippen LogP contribution in [0.25, 0.3) is 0 Å². The summed E-state index contributed by atoms with van der Waals surface area (Å²) in [6.07, 6.45) is 0.971. The van der Waals surface area contributed by atoms with Gasteiger partial charge in [-0.2, -0.15) is 0 Å². The van der Waals surface area contributed by atoms with Crippen LogP contribution in [0.2, 0.25) is 0 Å². The van der Waals surface area contributed by atoms with Crippen LogP contribution in [0, 0.1) is 0 Å². The first-order valence-corrected chi connectivity index (χ1v) is 6.64. The van der Waals surface area contributed by atoms with Crippen molar-refractivity contribution in [2.24, 2.45) is 0 Å². The Morgan fingerprint density at radius 1 is 1.38 bits per heavy atom. The molecule has 1 unspecified atom stereocenters. The summed E-state index contributed by atoms with van der Waals surface area (Å²) >= 11 is 14.2. The molecule has 1 N–H and O–H groups in total. The van der Waals surface area contributed by atoms with Crippen LogP contribution in [0.4, 0.5) is 0 Å². The molecule has 0 aromatic carbocycles. The second-order valence-corrected chi connectivity index (χ2v) is 4.52. The van der Waals surface area contributed by atoms with Gasteiger partial charge in [-0.15, -0.1) is 23.2 Å². The third-order valence-electron chi connectivity index (χ3n) is 1.15. The van der Waals surface area contributed by atoms with Crippen LogP contribution in [-0.2, 0) is 9.09 Å². The molecule has 0 aliphatic carbocycles. The van der Waals surface area contributed by atoms with Crippen molar-refractivity contribution < 1.29 is 14.0 Å². The van der Waals surface area contributed by atoms with Gasteiger partial charge < -0.3 is 9.42 Å². The summed E-state index contributed by atoms with van der Waals surface area (Å²) in [6, 6.07) is 0. The Bertz CT molecular complexity index is 210. The fraction of sp³-hybridized carbons (Fsp3) is 0.667. The van der Waals surface area contributed by atoms with Crippen molar-refractivity contribution in [3.05, 3.63) is 10.2 Å². The third kappa shape index (κ3) is 6.81. The number of allylic oxidation sites excluding steroid dienone is 2. The van der Waals surface area contributed by atoms with E-state index in [1.807, 2.05) is 0 Å². The van der Waals surface area contributed by atoms with Crippen molar-refractivity contribution in [3.63, 3.8) is 0 Å². The van der Waals surface area contributed by atoms with Crippen LogP contribution in [0.15, 0.2) is 10.2 Å². The summed E-state index contributed by atoms with van der Waals surface area (Å²) in [6.45, 7) is 0. The van der Waals surface area contributed by atoms with Crippen LogP contribution >= 0.6 is 47.4 Å². The quantitative estimate of drug-likeness (QED) is 0.465. The summed E-state index contributed by atoms with van der Waals surface area (Å²) in [5.41, 5.74) is 0. The van der Waals surface area contributed by atoms with E-state index in [1.165, 1.54) is 0 Å². The van der Waals surface area contributed by atoms with Gasteiger partial charge in [-0.25, -0.2) is 4.57 Å². The Labute approximate surface area is 96.1 Å². The molecule has 0 amide bonds. The highest BCUT2D eigenvalue weighted by Crippen LogP contribution is 2.29. The lowest BCUT2D eigenvalue weighted by molar-refractivity contribution is 0.342. The maximum Gasteiger partial charge on any atom is 0.364 e. The van der Waals surface area contributed by atoms with E-state index in [4.69, 9.17) is 32.6 Å². The summed E-state index contributed by atoms with van der Waals surface area (Å²) in [7, 11) is -2.96. The van der Waals surface area contributed by atoms with Crippen molar-refractivity contribution >= 4 is 47.4 Å². The lowest BCUT2D eigenvalue weighted by Crippen LogP contribution is -1.91. The smallest absolute Gasteiger partial charge is 0.364 e. The van der Waals surface area contributed by atoms with Gasteiger partial charge in [-0.05, 0) is 6.42 Å². The van der Waals surface area contributed by atoms with Crippen LogP contribution < -0.4 is 0 Å². The Balaban J connectivity index is 4.35. The summed E-state index contributed by atoms with van der Waals surface area (Å²) in [4.78, 5) is 8.56. The first-order valence-electron chi connectivity index (χ1n) is 3.52. The largest absolute Gasteiger partial charge is 0.430 e. The normalized spacial score (nSPS) is 15.1. The molecule has 78 valence electrons. The molecule has 0 aliphatic heterocycles. The minimum Gasteiger partial charge on any atom is -0.430 e. The lowest BCUT2D eigenvalue weighted by Gasteiger charge is -2.08. The molecule has 0 saturated heterocycles. The molecule has 0 saturated carbocycles. The van der Waals surface area contributed by atoms with E-state index in [0.29, 0.717) is 34.8 Å². The molecule has 0 aromatic heterocycles. The molecule has 0 heterocycles. The molecule has 7 heteroatoms. The Kier molecular flexibility index (Phi) is 8.62. The zero-order valence-corrected chi connectivity index (χ0v) is 10.8. The molecule has 0 fully saturated rings. The average molecular weight is 312 g/mol. The van der Waals surface area contributed by atoms with E-state index in [2.05, 4.69) is 15.9 Å². The minimum atomic E-state index is -2.96. The van der Waals surface area contributed by atoms with Gasteiger partial charge in [-0.3, -0.25) is 0 Å². The van der Waals surface area contributed by atoms with E-state index >= 15 is 0 Å². The van der Waals surface area contributed by atoms with Gasteiger partial charge in [0, 0.05) is 22.7 Å². The Morgan fingerprint density at radius 2 is 1.92 bits per heavy atom. The molecular formula is C6H10BrCl2O3P. The van der Waals surface area contributed by atoms with Crippen LogP contribution in [0.1, 0.15) is 12.8 Å². The zero-order chi connectivity index (χ0) is 10.3. The maximum atomic E-state index is 10.4. The van der Waals surface area contributed by atoms with E-state index < -0.39 is 8.25 Å². The van der Waals surface area contributed by atoms with Gasteiger partial charge in [0.25, 0.3) is 0 Å². The van der Waals surface area contributed by atoms with E-state index in [0.717, 1.165) is 0 Å². The monoisotopic (exact) mass is 310 g/mol. The van der Waals surface area contributed by atoms with Crippen LogP contribution in [0.3, 0.4) is 0 Å². The van der Waals surface area contributed by atoms with Gasteiger partial charge in [0.15, 0.2) is 0 Å². The first-order chi connectivity index (χ1) is 6.11. The predicted molar refractivity (Wildman–Crippen MR) is 58.9 cm³/mol. The Morgan fingerprint density at radius 3 is 2.31 bits per heavy atom. The second kappa shape index (κ2) is 8.13. The van der Waals surface area contributed by atoms with E-state index in [-0.39, 0.29) is 0 Å². The fourth-order valence-corrected chi connectivity index (χ4v) is 2.31. The lowest BCUT2D eigenvalue weighted by atomic mass is 10.3. The molecular weight excluding hydrogens is 302 g/mol. The number of halogens is 3. The molecule has 0 aliphatic rings. The van der Waals surface area contributed by atoms with Crippen LogP contribution in [-0.4, -0.2) is 16.7 Å². The Hall–Kier alpha value is 0.790. The van der Waals surface area contributed by atoms with Crippen molar-refractivity contribution in [1.29, 1.82) is 0 Å². The number of alkyl halides is 2. The van der Waals surface area contributed by atoms with Gasteiger partial charge in [0.05, 0.1) is 0 Å². The molecule has 0 aromatic rings. The van der Waals surface area contributed by atoms with Crippen molar-refractivity contribution in [2.75, 3.05) is 11.8 Å². The highest BCUT2D eigenvalue weighted by Gasteiger charge is 2.07. The number of hydrogen-bond donors (Lipinski definition) is 1. The molecule has 3 nitrogen and oxygen atoms in total. The number of hydrogen-bond acceptors (Lipinski definition) is 2. The molecule has 0 bridgehead atoms. The van der Waals surface area contributed by atoms with Gasteiger partial charge in [-0.1, -0.05) is 15.9 Å². The molecule has 13 heavy (non-hydrogen) atoms. The topological polar surface area (TPSA) is 46.5 Å². The molecule has 0 spiro atoms. The van der Waals surface area contributed by atoms with Crippen molar-refractivity contribution in [2.45, 2.75) is 12.8 Å². The second-order valence-electron chi connectivity index (χ2n) is 2.07. The van der Waals surface area contributed by atoms with Gasteiger partial charge >= 0.3 is 8.25 Å². The van der Waals surface area contributed by atoms with Crippen LogP contribution in [0.5, 0.6) is 0 Å². The molecule has 1 atom stereocenters. The predicted octanol–water partition coefficient (Wildman–Crippen LogP) is 3.25. The summed E-state index contributed by atoms with van der Waals surface area (Å²) < 4.78 is 15.8.